The van der Waals surface area contributed by atoms with Gasteiger partial charge < -0.3 is 9.80 Å². The lowest BCUT2D eigenvalue weighted by atomic mass is 9.81. The second-order valence-electron chi connectivity index (χ2n) is 14.9. The molecule has 2 aliphatic heterocycles. The first kappa shape index (κ1) is 30.0. The van der Waals surface area contributed by atoms with E-state index >= 15 is 0 Å². The number of fused-ring (bicyclic) bond motifs is 7. The Labute approximate surface area is 300 Å². The van der Waals surface area contributed by atoms with Gasteiger partial charge in [0.2, 0.25) is 0 Å². The molecule has 51 heavy (non-hydrogen) atoms. The van der Waals surface area contributed by atoms with Gasteiger partial charge in [0, 0.05) is 46.5 Å². The highest BCUT2D eigenvalue weighted by molar-refractivity contribution is 6.04. The molecule has 0 N–H and O–H groups in total. The summed E-state index contributed by atoms with van der Waals surface area (Å²) in [6, 6.07) is 54.2. The summed E-state index contributed by atoms with van der Waals surface area (Å²) in [4.78, 5) is 4.98. The fourth-order valence-corrected chi connectivity index (χ4v) is 9.01. The van der Waals surface area contributed by atoms with Crippen molar-refractivity contribution in [3.63, 3.8) is 0 Å². The van der Waals surface area contributed by atoms with Crippen LogP contribution in [0.3, 0.4) is 0 Å². The molecule has 0 saturated heterocycles. The Morgan fingerprint density at radius 3 is 1.94 bits per heavy atom. The summed E-state index contributed by atoms with van der Waals surface area (Å²) in [5.74, 6) is 0. The lowest BCUT2D eigenvalue weighted by molar-refractivity contribution is 0.659. The average molecular weight is 657 g/mol. The number of hydrogen-bond acceptors (Lipinski definition) is 2. The lowest BCUT2D eigenvalue weighted by Crippen LogP contribution is -2.25. The van der Waals surface area contributed by atoms with Gasteiger partial charge in [0.15, 0.2) is 0 Å². The molecular weight excluding hydrogens is 617 g/mol. The van der Waals surface area contributed by atoms with Crippen LogP contribution in [0.1, 0.15) is 59.2 Å². The number of nitrogens with zero attached hydrogens (tertiary/aromatic N) is 2. The molecule has 0 fully saturated rings. The maximum absolute atomic E-state index is 2.52. The van der Waals surface area contributed by atoms with Crippen LogP contribution < -0.4 is 9.80 Å². The molecule has 7 aromatic carbocycles. The third kappa shape index (κ3) is 4.77. The van der Waals surface area contributed by atoms with Gasteiger partial charge in [-0.1, -0.05) is 135 Å². The summed E-state index contributed by atoms with van der Waals surface area (Å²) in [6.45, 7) is 5.84. The van der Waals surface area contributed by atoms with Crippen LogP contribution in [-0.2, 0) is 18.3 Å². The molecular formula is C49H40N2. The van der Waals surface area contributed by atoms with Crippen molar-refractivity contribution in [3.05, 3.63) is 185 Å². The predicted molar refractivity (Wildman–Crippen MR) is 216 cm³/mol. The number of anilines is 5. The highest BCUT2D eigenvalue weighted by Crippen LogP contribution is 2.51. The Bertz CT molecular complexity index is 2490. The van der Waals surface area contributed by atoms with Gasteiger partial charge in [0.05, 0.1) is 5.69 Å². The molecule has 246 valence electrons. The monoisotopic (exact) mass is 656 g/mol. The Kier molecular flexibility index (Phi) is 6.83. The van der Waals surface area contributed by atoms with E-state index in [9.17, 15) is 0 Å². The van der Waals surface area contributed by atoms with Crippen LogP contribution >= 0.6 is 0 Å². The number of hydrogen-bond donors (Lipinski definition) is 0. The van der Waals surface area contributed by atoms with E-state index in [2.05, 4.69) is 181 Å². The smallest absolute Gasteiger partial charge is 0.0540 e. The summed E-state index contributed by atoms with van der Waals surface area (Å²) in [6.07, 6.45) is 7.89. The zero-order valence-corrected chi connectivity index (χ0v) is 29.2. The Morgan fingerprint density at radius 2 is 1.16 bits per heavy atom. The molecule has 0 bridgehead atoms. The normalized spacial score (nSPS) is 15.3. The maximum atomic E-state index is 2.52. The highest BCUT2D eigenvalue weighted by Gasteiger charge is 2.36. The summed E-state index contributed by atoms with van der Waals surface area (Å²) >= 11 is 0. The summed E-state index contributed by atoms with van der Waals surface area (Å²) in [5, 5.41) is 2.51. The van der Waals surface area contributed by atoms with E-state index in [1.165, 1.54) is 95.7 Å². The molecule has 0 saturated carbocycles. The van der Waals surface area contributed by atoms with E-state index in [1.807, 2.05) is 0 Å². The third-order valence-corrected chi connectivity index (χ3v) is 11.6. The number of aryl methyl sites for hydroxylation is 1. The van der Waals surface area contributed by atoms with Gasteiger partial charge in [0.25, 0.3) is 0 Å². The molecule has 7 aromatic rings. The van der Waals surface area contributed by atoms with E-state index in [1.54, 1.807) is 0 Å². The Morgan fingerprint density at radius 1 is 0.529 bits per heavy atom. The van der Waals surface area contributed by atoms with Gasteiger partial charge in [-0.3, -0.25) is 0 Å². The van der Waals surface area contributed by atoms with Crippen LogP contribution in [0.5, 0.6) is 0 Å². The Balaban J connectivity index is 0.996. The summed E-state index contributed by atoms with van der Waals surface area (Å²) < 4.78 is 0. The molecule has 0 amide bonds. The van der Waals surface area contributed by atoms with Crippen molar-refractivity contribution in [2.24, 2.45) is 0 Å². The van der Waals surface area contributed by atoms with E-state index in [0.29, 0.717) is 0 Å². The molecule has 2 nitrogen and oxygen atoms in total. The number of para-hydroxylation sites is 3. The lowest BCUT2D eigenvalue weighted by Gasteiger charge is -2.34. The van der Waals surface area contributed by atoms with Crippen LogP contribution in [-0.4, -0.2) is 6.54 Å². The first-order valence-electron chi connectivity index (χ1n) is 18.4. The number of benzene rings is 7. The van der Waals surface area contributed by atoms with Gasteiger partial charge in [-0.05, 0) is 105 Å². The minimum Gasteiger partial charge on any atom is -0.341 e. The quantitative estimate of drug-likeness (QED) is 0.174. The van der Waals surface area contributed by atoms with E-state index in [0.717, 1.165) is 19.4 Å². The average Bonchev–Trinajstić information content (AvgIpc) is 3.40. The molecule has 0 spiro atoms. The zero-order valence-electron chi connectivity index (χ0n) is 29.2. The third-order valence-electron chi connectivity index (χ3n) is 11.6. The highest BCUT2D eigenvalue weighted by atomic mass is 15.2. The molecule has 0 unspecified atom stereocenters. The van der Waals surface area contributed by atoms with E-state index in [-0.39, 0.29) is 5.41 Å². The van der Waals surface area contributed by atoms with Crippen molar-refractivity contribution >= 4 is 51.4 Å². The fourth-order valence-electron chi connectivity index (χ4n) is 9.01. The van der Waals surface area contributed by atoms with Gasteiger partial charge >= 0.3 is 0 Å². The molecule has 0 aromatic heterocycles. The minimum absolute atomic E-state index is 0.0881. The topological polar surface area (TPSA) is 6.48 Å². The van der Waals surface area contributed by atoms with Crippen LogP contribution in [0.4, 0.5) is 28.4 Å². The minimum atomic E-state index is -0.0881. The largest absolute Gasteiger partial charge is 0.341 e. The van der Waals surface area contributed by atoms with Crippen molar-refractivity contribution in [2.45, 2.75) is 38.5 Å². The van der Waals surface area contributed by atoms with Gasteiger partial charge in [-0.2, -0.15) is 0 Å². The SMILES string of the molecule is CC1(C)c2cc(C=Cc3cccc4c(N5c6ccccc6Cc6ccccc65)cccc34)ccc2-c2ccc(N3CCCc4ccccc43)cc21. The van der Waals surface area contributed by atoms with Crippen molar-refractivity contribution in [3.8, 4) is 11.1 Å². The fraction of sp³-hybridized carbons (Fsp3) is 0.143. The van der Waals surface area contributed by atoms with E-state index in [4.69, 9.17) is 0 Å². The molecule has 1 aliphatic carbocycles. The van der Waals surface area contributed by atoms with Crippen LogP contribution in [0.25, 0.3) is 34.1 Å². The standard InChI is InChI=1S/C49H40N2/c1-49(2)43-30-33(24-27-40(43)41-28-26-38(32-44(41)49)50-29-11-16-35-12-3-6-19-45(35)50)23-25-34-15-9-18-42-39(34)17-10-22-48(42)51-46-20-7-4-13-36(46)31-37-14-5-8-21-47(37)51/h3-10,12-15,17-28,30,32H,11,16,29,31H2,1-2H3. The molecule has 10 rings (SSSR count). The van der Waals surface area contributed by atoms with Crippen molar-refractivity contribution in [2.75, 3.05) is 16.3 Å². The molecule has 2 heterocycles. The molecule has 0 atom stereocenters. The van der Waals surface area contributed by atoms with Crippen LogP contribution in [0.2, 0.25) is 0 Å². The van der Waals surface area contributed by atoms with Crippen LogP contribution in [0, 0.1) is 0 Å². The van der Waals surface area contributed by atoms with E-state index < -0.39 is 0 Å². The van der Waals surface area contributed by atoms with Gasteiger partial charge in [-0.25, -0.2) is 0 Å². The van der Waals surface area contributed by atoms with Crippen molar-refractivity contribution < 1.29 is 0 Å². The van der Waals surface area contributed by atoms with Crippen LogP contribution in [0.15, 0.2) is 146 Å². The zero-order chi connectivity index (χ0) is 34.1. The molecule has 3 aliphatic rings. The number of rotatable bonds is 4. The second-order valence-corrected chi connectivity index (χ2v) is 14.9. The second kappa shape index (κ2) is 11.6. The van der Waals surface area contributed by atoms with Crippen molar-refractivity contribution in [1.29, 1.82) is 0 Å². The Hall–Kier alpha value is -5.86. The summed E-state index contributed by atoms with van der Waals surface area (Å²) in [7, 11) is 0. The molecule has 0 radical (unpaired) electrons. The van der Waals surface area contributed by atoms with Crippen molar-refractivity contribution in [1.82, 2.24) is 0 Å². The van der Waals surface area contributed by atoms with Gasteiger partial charge in [0.1, 0.15) is 0 Å². The first-order chi connectivity index (χ1) is 25.0. The maximum Gasteiger partial charge on any atom is 0.0540 e. The van der Waals surface area contributed by atoms with Gasteiger partial charge in [-0.15, -0.1) is 0 Å². The summed E-state index contributed by atoms with van der Waals surface area (Å²) in [5.41, 5.74) is 18.5. The first-order valence-corrected chi connectivity index (χ1v) is 18.4. The predicted octanol–water partition coefficient (Wildman–Crippen LogP) is 12.8. The molecule has 2 heteroatoms.